The zero-order chi connectivity index (χ0) is 9.94. The van der Waals surface area contributed by atoms with Crippen molar-refractivity contribution in [3.8, 4) is 0 Å². The fraction of sp³-hybridized carbons (Fsp3) is 1.00. The molecule has 1 atom stereocenters. The van der Waals surface area contributed by atoms with E-state index in [4.69, 9.17) is 9.47 Å². The van der Waals surface area contributed by atoms with Crippen LogP contribution >= 0.6 is 0 Å². The van der Waals surface area contributed by atoms with Gasteiger partial charge in [-0.1, -0.05) is 13.8 Å². The second-order valence-corrected chi connectivity index (χ2v) is 3.11. The first-order valence-electron chi connectivity index (χ1n) is 5.15. The number of methoxy groups -OCH3 is 1. The summed E-state index contributed by atoms with van der Waals surface area (Å²) in [6.07, 6.45) is 2.12. The average molecular weight is 189 g/mol. The molecule has 0 saturated heterocycles. The molecule has 0 bridgehead atoms. The van der Waals surface area contributed by atoms with Crippen LogP contribution < -0.4 is 5.32 Å². The quantitative estimate of drug-likeness (QED) is 0.557. The summed E-state index contributed by atoms with van der Waals surface area (Å²) in [4.78, 5) is 0. The van der Waals surface area contributed by atoms with Gasteiger partial charge in [-0.25, -0.2) is 0 Å². The Balaban J connectivity index is 3.33. The third-order valence-corrected chi connectivity index (χ3v) is 1.82. The first kappa shape index (κ1) is 12.9. The molecule has 0 aromatic carbocycles. The Morgan fingerprint density at radius 2 is 2.00 bits per heavy atom. The van der Waals surface area contributed by atoms with Crippen LogP contribution in [0.1, 0.15) is 26.7 Å². The van der Waals surface area contributed by atoms with Gasteiger partial charge in [0.1, 0.15) is 0 Å². The predicted octanol–water partition coefficient (Wildman–Crippen LogP) is 1.43. The third-order valence-electron chi connectivity index (χ3n) is 1.82. The number of hydrogen-bond acceptors (Lipinski definition) is 3. The number of rotatable bonds is 9. The van der Waals surface area contributed by atoms with E-state index in [1.807, 2.05) is 0 Å². The molecule has 3 nitrogen and oxygen atoms in total. The summed E-state index contributed by atoms with van der Waals surface area (Å²) >= 11 is 0. The zero-order valence-corrected chi connectivity index (χ0v) is 9.14. The molecule has 0 fully saturated rings. The lowest BCUT2D eigenvalue weighted by Gasteiger charge is -2.16. The molecule has 0 radical (unpaired) electrons. The van der Waals surface area contributed by atoms with Gasteiger partial charge in [0.2, 0.25) is 0 Å². The summed E-state index contributed by atoms with van der Waals surface area (Å²) in [7, 11) is 1.73. The van der Waals surface area contributed by atoms with Crippen molar-refractivity contribution in [1.82, 2.24) is 5.32 Å². The second-order valence-electron chi connectivity index (χ2n) is 3.11. The molecular formula is C10H23NO2. The van der Waals surface area contributed by atoms with Gasteiger partial charge >= 0.3 is 0 Å². The maximum Gasteiger partial charge on any atom is 0.0616 e. The highest BCUT2D eigenvalue weighted by Gasteiger charge is 2.05. The van der Waals surface area contributed by atoms with Crippen molar-refractivity contribution in [3.05, 3.63) is 0 Å². The predicted molar refractivity (Wildman–Crippen MR) is 55.1 cm³/mol. The molecule has 0 rings (SSSR count). The fourth-order valence-electron chi connectivity index (χ4n) is 1.21. The summed E-state index contributed by atoms with van der Waals surface area (Å²) < 4.78 is 10.5. The molecule has 80 valence electrons. The van der Waals surface area contributed by atoms with Crippen LogP contribution in [-0.4, -0.2) is 39.5 Å². The van der Waals surface area contributed by atoms with Crippen molar-refractivity contribution in [2.75, 3.05) is 33.5 Å². The average Bonchev–Trinajstić information content (AvgIpc) is 2.13. The van der Waals surface area contributed by atoms with E-state index in [-0.39, 0.29) is 0 Å². The summed E-state index contributed by atoms with van der Waals surface area (Å²) in [6.45, 7) is 7.68. The van der Waals surface area contributed by atoms with Crippen LogP contribution in [0.15, 0.2) is 0 Å². The number of nitrogens with one attached hydrogen (secondary N) is 1. The van der Waals surface area contributed by atoms with Crippen molar-refractivity contribution in [2.45, 2.75) is 32.7 Å². The Morgan fingerprint density at radius 3 is 2.54 bits per heavy atom. The minimum absolute atomic E-state index is 0.437. The smallest absolute Gasteiger partial charge is 0.0616 e. The van der Waals surface area contributed by atoms with Crippen LogP contribution in [0.25, 0.3) is 0 Å². The van der Waals surface area contributed by atoms with Gasteiger partial charge in [0.05, 0.1) is 6.61 Å². The molecule has 0 amide bonds. The highest BCUT2D eigenvalue weighted by atomic mass is 16.5. The molecular weight excluding hydrogens is 166 g/mol. The first-order valence-corrected chi connectivity index (χ1v) is 5.15. The topological polar surface area (TPSA) is 30.5 Å². The van der Waals surface area contributed by atoms with E-state index in [9.17, 15) is 0 Å². The maximum atomic E-state index is 5.41. The number of likely N-dealkylation sites (N-methyl/N-ethyl adjacent to an activating group) is 1. The van der Waals surface area contributed by atoms with Crippen molar-refractivity contribution in [1.29, 1.82) is 0 Å². The van der Waals surface area contributed by atoms with E-state index in [1.165, 1.54) is 0 Å². The summed E-state index contributed by atoms with van der Waals surface area (Å²) in [6, 6.07) is 0.437. The van der Waals surface area contributed by atoms with Crippen molar-refractivity contribution < 1.29 is 9.47 Å². The van der Waals surface area contributed by atoms with E-state index in [1.54, 1.807) is 7.11 Å². The Kier molecular flexibility index (Phi) is 9.87. The molecule has 0 aliphatic rings. The molecule has 0 heterocycles. The molecule has 3 heteroatoms. The van der Waals surface area contributed by atoms with Crippen LogP contribution in [0.4, 0.5) is 0 Å². The number of ether oxygens (including phenoxy) is 2. The van der Waals surface area contributed by atoms with E-state index < -0.39 is 0 Å². The van der Waals surface area contributed by atoms with Gasteiger partial charge in [0.15, 0.2) is 0 Å². The Hall–Kier alpha value is -0.120. The van der Waals surface area contributed by atoms with Crippen LogP contribution in [0, 0.1) is 0 Å². The second kappa shape index (κ2) is 9.96. The minimum atomic E-state index is 0.437. The van der Waals surface area contributed by atoms with Crippen LogP contribution in [-0.2, 0) is 9.47 Å². The lowest BCUT2D eigenvalue weighted by molar-refractivity contribution is 0.104. The van der Waals surface area contributed by atoms with E-state index in [0.717, 1.165) is 39.2 Å². The Morgan fingerprint density at radius 1 is 1.23 bits per heavy atom. The van der Waals surface area contributed by atoms with Crippen molar-refractivity contribution in [3.63, 3.8) is 0 Å². The number of hydrogen-bond donors (Lipinski definition) is 1. The SMILES string of the molecule is CCCOCCC(COC)NCC. The van der Waals surface area contributed by atoms with E-state index in [0.29, 0.717) is 6.04 Å². The molecule has 0 saturated carbocycles. The molecule has 13 heavy (non-hydrogen) atoms. The van der Waals surface area contributed by atoms with Gasteiger partial charge in [0.25, 0.3) is 0 Å². The van der Waals surface area contributed by atoms with Crippen molar-refractivity contribution in [2.24, 2.45) is 0 Å². The van der Waals surface area contributed by atoms with Crippen LogP contribution in [0.3, 0.4) is 0 Å². The summed E-state index contributed by atoms with van der Waals surface area (Å²) in [5.74, 6) is 0. The van der Waals surface area contributed by atoms with Gasteiger partial charge in [-0.3, -0.25) is 0 Å². The maximum absolute atomic E-state index is 5.41. The fourth-order valence-corrected chi connectivity index (χ4v) is 1.21. The van der Waals surface area contributed by atoms with Gasteiger partial charge in [0, 0.05) is 26.4 Å². The van der Waals surface area contributed by atoms with Gasteiger partial charge in [-0.05, 0) is 19.4 Å². The molecule has 0 aliphatic heterocycles. The highest BCUT2D eigenvalue weighted by Crippen LogP contribution is 1.94. The Labute approximate surface area is 81.8 Å². The Bertz CT molecular complexity index is 92.9. The third kappa shape index (κ3) is 8.22. The largest absolute Gasteiger partial charge is 0.383 e. The lowest BCUT2D eigenvalue weighted by atomic mass is 10.2. The molecule has 1 N–H and O–H groups in total. The summed E-state index contributed by atoms with van der Waals surface area (Å²) in [5.41, 5.74) is 0. The standard InChI is InChI=1S/C10H23NO2/c1-4-7-13-8-6-10(9-12-3)11-5-2/h10-11H,4-9H2,1-3H3. The monoisotopic (exact) mass is 189 g/mol. The first-order chi connectivity index (χ1) is 6.35. The normalized spacial score (nSPS) is 13.2. The minimum Gasteiger partial charge on any atom is -0.383 e. The molecule has 0 aromatic heterocycles. The van der Waals surface area contributed by atoms with Crippen LogP contribution in [0.2, 0.25) is 0 Å². The lowest BCUT2D eigenvalue weighted by Crippen LogP contribution is -2.34. The van der Waals surface area contributed by atoms with E-state index >= 15 is 0 Å². The zero-order valence-electron chi connectivity index (χ0n) is 9.14. The van der Waals surface area contributed by atoms with Gasteiger partial charge < -0.3 is 14.8 Å². The van der Waals surface area contributed by atoms with Crippen LogP contribution in [0.5, 0.6) is 0 Å². The molecule has 0 aromatic rings. The molecule has 0 spiro atoms. The molecule has 0 aliphatic carbocycles. The highest BCUT2D eigenvalue weighted by molar-refractivity contribution is 4.64. The van der Waals surface area contributed by atoms with Gasteiger partial charge in [-0.15, -0.1) is 0 Å². The van der Waals surface area contributed by atoms with E-state index in [2.05, 4.69) is 19.2 Å². The summed E-state index contributed by atoms with van der Waals surface area (Å²) in [5, 5.41) is 3.36. The molecule has 1 unspecified atom stereocenters. The van der Waals surface area contributed by atoms with Gasteiger partial charge in [-0.2, -0.15) is 0 Å². The van der Waals surface area contributed by atoms with Crippen molar-refractivity contribution >= 4 is 0 Å².